The van der Waals surface area contributed by atoms with Crippen LogP contribution in [0.2, 0.25) is 0 Å². The van der Waals surface area contributed by atoms with Gasteiger partial charge in [0.15, 0.2) is 5.65 Å². The van der Waals surface area contributed by atoms with Gasteiger partial charge in [0.05, 0.1) is 17.0 Å². The van der Waals surface area contributed by atoms with E-state index in [0.717, 1.165) is 101 Å². The first kappa shape index (κ1) is 52.7. The smallest absolute Gasteiger partial charge is 0.157 e. The third kappa shape index (κ3) is 10.6. The van der Waals surface area contributed by atoms with Gasteiger partial charge in [0.2, 0.25) is 0 Å². The number of fused-ring (bicyclic) bond motifs is 1. The molecule has 7 aromatic carbocycles. The number of aromatic nitrogens is 4. The quantitative estimate of drug-likeness (QED) is 0.154. The number of hydrogen-bond acceptors (Lipinski definition) is 4. The minimum absolute atomic E-state index is 0. The number of benzene rings is 7. The molecule has 1 N–H and O–H groups in total. The fourth-order valence-electron chi connectivity index (χ4n) is 9.99. The van der Waals surface area contributed by atoms with E-state index in [0.29, 0.717) is 11.3 Å². The largest absolute Gasteiger partial charge is 0.507 e. The summed E-state index contributed by atoms with van der Waals surface area (Å²) in [5, 5.41) is 12.6. The normalized spacial score (nSPS) is 12.2. The Morgan fingerprint density at radius 3 is 1.51 bits per heavy atom. The van der Waals surface area contributed by atoms with Gasteiger partial charge in [-0.05, 0) is 108 Å². The summed E-state index contributed by atoms with van der Waals surface area (Å²) >= 11 is 0. The number of aromatic hydroxyl groups is 1. The Balaban J connectivity index is 0.00000689. The predicted octanol–water partition coefficient (Wildman–Crippen LogP) is 18.2. The summed E-state index contributed by atoms with van der Waals surface area (Å²) in [4.78, 5) is 16.1. The van der Waals surface area contributed by atoms with E-state index in [1.165, 1.54) is 5.56 Å². The molecule has 0 amide bonds. The second-order valence-electron chi connectivity index (χ2n) is 23.9. The molecule has 0 spiro atoms. The zero-order chi connectivity index (χ0) is 52.3. The molecule has 0 aliphatic carbocycles. The second kappa shape index (κ2) is 20.2. The number of pyridine rings is 2. The summed E-state index contributed by atoms with van der Waals surface area (Å²) < 4.78 is 2.22. The van der Waals surface area contributed by atoms with Gasteiger partial charge in [-0.1, -0.05) is 222 Å². The first-order chi connectivity index (χ1) is 35.1. The van der Waals surface area contributed by atoms with Crippen LogP contribution in [0.4, 0.5) is 0 Å². The van der Waals surface area contributed by atoms with Gasteiger partial charge < -0.3 is 9.67 Å². The number of nitrogens with zero attached hydrogens (tertiary/aromatic N) is 4. The first-order valence-electron chi connectivity index (χ1n) is 25.9. The van der Waals surface area contributed by atoms with Crippen molar-refractivity contribution >= 4 is 11.2 Å². The van der Waals surface area contributed by atoms with E-state index < -0.39 is 0 Å². The molecule has 0 radical (unpaired) electrons. The van der Waals surface area contributed by atoms with Gasteiger partial charge in [-0.2, -0.15) is 0 Å². The van der Waals surface area contributed by atoms with E-state index in [1.54, 1.807) is 0 Å². The molecule has 10 aromatic rings. The monoisotopic (exact) mass is 1160 g/mol. The Bertz CT molecular complexity index is 3640. The van der Waals surface area contributed by atoms with Crippen LogP contribution >= 0.6 is 0 Å². The van der Waals surface area contributed by atoms with E-state index in [1.807, 2.05) is 18.3 Å². The Kier molecular flexibility index (Phi) is 14.1. The van der Waals surface area contributed by atoms with Crippen molar-refractivity contribution in [2.75, 3.05) is 0 Å². The van der Waals surface area contributed by atoms with Crippen LogP contribution in [0.3, 0.4) is 0 Å². The van der Waals surface area contributed by atoms with Gasteiger partial charge in [-0.3, -0.25) is 9.97 Å². The SMILES string of the molecule is CC(C)(C)c1cc(-c2cc(-c3c(-c4ccccc4)cccc3-c3ccccc3)cc(-c3cc(C(C)(C)C)cc(C(C)(C)C)c3O)n2)[c-]c(-c2nc3cccnc3n2-c2ccc(C(C)(C)C)cc2-c2ccccc2)c1.[Pt]. The average Bonchev–Trinajstić information content (AvgIpc) is 3.77. The summed E-state index contributed by atoms with van der Waals surface area (Å²) in [5.74, 6) is 0.969. The third-order valence-electron chi connectivity index (χ3n) is 14.3. The maximum Gasteiger partial charge on any atom is 0.157 e. The molecule has 0 unspecified atom stereocenters. The molecule has 6 heteroatoms. The van der Waals surface area contributed by atoms with Crippen LogP contribution in [0.15, 0.2) is 182 Å². The molecule has 5 nitrogen and oxygen atoms in total. The van der Waals surface area contributed by atoms with Crippen molar-refractivity contribution in [1.29, 1.82) is 0 Å². The molecule has 0 atom stereocenters. The van der Waals surface area contributed by atoms with Crippen LogP contribution in [-0.2, 0) is 42.7 Å². The van der Waals surface area contributed by atoms with Crippen LogP contribution in [0.25, 0.3) is 95.3 Å². The van der Waals surface area contributed by atoms with Crippen molar-refractivity contribution in [3.05, 3.63) is 210 Å². The Morgan fingerprint density at radius 1 is 0.427 bits per heavy atom. The van der Waals surface area contributed by atoms with Crippen LogP contribution in [0.5, 0.6) is 5.75 Å². The predicted molar refractivity (Wildman–Crippen MR) is 310 cm³/mol. The molecular formula is C69H67N4OPt-. The third-order valence-corrected chi connectivity index (χ3v) is 14.3. The Labute approximate surface area is 459 Å². The molecule has 3 aromatic heterocycles. The standard InChI is InChI=1S/C69H67N4O.Pt/c1-66(2,3)50-33-34-61(55(41-50)46-28-20-15-21-29-46)73-64(72-58-32-23-35-70-65(58)73)49-36-47(37-51(38-49)67(4,5)6)59-39-48(40-60(71-59)56-42-52(68(7,8)9)43-57(63(56)74)69(10,11)12)62-53(44-24-16-13-17-25-44)30-22-31-54(62)45-26-18-14-19-27-45;/h13-35,37-43,74H,1-12H3;/q-1;. The topological polar surface area (TPSA) is 63.8 Å². The molecular weight excluding hydrogens is 1100 g/mol. The number of hydrogen-bond donors (Lipinski definition) is 1. The Morgan fingerprint density at radius 2 is 0.947 bits per heavy atom. The summed E-state index contributed by atoms with van der Waals surface area (Å²) in [7, 11) is 0. The number of imidazole rings is 1. The summed E-state index contributed by atoms with van der Waals surface area (Å²) in [6.45, 7) is 26.7. The first-order valence-corrected chi connectivity index (χ1v) is 25.9. The van der Waals surface area contributed by atoms with Gasteiger partial charge in [0, 0.05) is 55.3 Å². The zero-order valence-corrected chi connectivity index (χ0v) is 47.6. The number of phenolic OH excluding ortho intramolecular Hbond substituents is 1. The summed E-state index contributed by atoms with van der Waals surface area (Å²) in [5.41, 5.74) is 18.3. The summed E-state index contributed by atoms with van der Waals surface area (Å²) in [6, 6.07) is 66.4. The van der Waals surface area contributed by atoms with Crippen LogP contribution in [0, 0.1) is 6.07 Å². The fraction of sp³-hybridized carbons (Fsp3) is 0.232. The maximum absolute atomic E-state index is 12.6. The van der Waals surface area contributed by atoms with Crippen LogP contribution in [-0.4, -0.2) is 24.6 Å². The van der Waals surface area contributed by atoms with Gasteiger partial charge >= 0.3 is 0 Å². The molecule has 3 heterocycles. The fourth-order valence-corrected chi connectivity index (χ4v) is 9.99. The van der Waals surface area contributed by atoms with Crippen molar-refractivity contribution in [2.45, 2.75) is 105 Å². The molecule has 10 rings (SSSR count). The summed E-state index contributed by atoms with van der Waals surface area (Å²) in [6.07, 6.45) is 1.85. The van der Waals surface area contributed by atoms with Crippen molar-refractivity contribution < 1.29 is 26.2 Å². The molecule has 75 heavy (non-hydrogen) atoms. The van der Waals surface area contributed by atoms with Crippen molar-refractivity contribution in [2.24, 2.45) is 0 Å². The minimum atomic E-state index is -0.349. The van der Waals surface area contributed by atoms with Gasteiger partial charge in [0.25, 0.3) is 0 Å². The second-order valence-corrected chi connectivity index (χ2v) is 23.9. The van der Waals surface area contributed by atoms with Gasteiger partial charge in [-0.25, -0.2) is 4.98 Å². The maximum atomic E-state index is 12.6. The van der Waals surface area contributed by atoms with Crippen molar-refractivity contribution in [1.82, 2.24) is 19.5 Å². The van der Waals surface area contributed by atoms with Gasteiger partial charge in [-0.15, -0.1) is 23.8 Å². The molecule has 0 saturated carbocycles. The molecule has 0 saturated heterocycles. The van der Waals surface area contributed by atoms with Crippen molar-refractivity contribution in [3.8, 4) is 89.8 Å². The van der Waals surface area contributed by atoms with Crippen LogP contribution in [0.1, 0.15) is 105 Å². The van der Waals surface area contributed by atoms with Crippen LogP contribution < -0.4 is 0 Å². The van der Waals surface area contributed by atoms with Gasteiger partial charge in [0.1, 0.15) is 5.75 Å². The molecule has 380 valence electrons. The molecule has 0 fully saturated rings. The number of rotatable bonds is 8. The van der Waals surface area contributed by atoms with E-state index in [2.05, 4.69) is 258 Å². The van der Waals surface area contributed by atoms with E-state index in [9.17, 15) is 5.11 Å². The molecule has 0 bridgehead atoms. The molecule has 0 aliphatic rings. The average molecular weight is 1160 g/mol. The van der Waals surface area contributed by atoms with E-state index in [-0.39, 0.29) is 48.5 Å². The molecule has 0 aliphatic heterocycles. The zero-order valence-electron chi connectivity index (χ0n) is 45.4. The number of phenols is 1. The van der Waals surface area contributed by atoms with Crippen molar-refractivity contribution in [3.63, 3.8) is 0 Å². The Hall–Kier alpha value is -7.20. The minimum Gasteiger partial charge on any atom is -0.507 e. The van der Waals surface area contributed by atoms with E-state index in [4.69, 9.17) is 15.0 Å². The van der Waals surface area contributed by atoms with E-state index >= 15 is 0 Å².